The number of nitrogens with zero attached hydrogens (tertiary/aromatic N) is 2. The van der Waals surface area contributed by atoms with Crippen molar-refractivity contribution in [3.8, 4) is 16.8 Å². The summed E-state index contributed by atoms with van der Waals surface area (Å²) in [6.07, 6.45) is 4.50. The molecule has 0 fully saturated rings. The molecule has 135 heavy (non-hydrogen) atoms. The fourth-order valence-corrected chi connectivity index (χ4v) is 11.6. The molecule has 0 bridgehead atoms. The van der Waals surface area contributed by atoms with E-state index in [1.54, 1.807) is 23.9 Å². The molecular formula is C131H200N2OS. The molecule has 0 spiro atoms. The summed E-state index contributed by atoms with van der Waals surface area (Å²) in [6, 6.07) is 96.0. The fraction of sp³-hybridized carbons (Fsp3) is 0.481. The highest BCUT2D eigenvalue weighted by Crippen LogP contribution is 2.48. The molecule has 4 aromatic heterocycles. The molecule has 0 radical (unpaired) electrons. The molecule has 1 aliphatic rings. The van der Waals surface area contributed by atoms with Gasteiger partial charge in [0.15, 0.2) is 0 Å². The van der Waals surface area contributed by atoms with E-state index in [1.807, 2.05) is 35.0 Å². The largest absolute Gasteiger partial charge is 0.473 e. The van der Waals surface area contributed by atoms with Gasteiger partial charge in [-0.3, -0.25) is 0 Å². The van der Waals surface area contributed by atoms with Crippen LogP contribution in [0, 0.1) is 59.6 Å². The molecule has 0 N–H and O–H groups in total. The molecular weight excluding hydrogens is 1650 g/mol. The first-order valence-electron chi connectivity index (χ1n) is 49.9. The molecule has 4 heterocycles. The average Bonchev–Trinajstić information content (AvgIpc) is 1.56. The van der Waals surface area contributed by atoms with Crippen molar-refractivity contribution in [2.75, 3.05) is 0 Å². The SMILES string of the molecule is CC(C)(C)C.CC(C)(C)C.CC(C)(C)C.CC(C)(C)C.CC(C)(C)C.CC(C)(C)C.CC(C)(C)C.CC(C)(C)C.CC(C)(C)C.CC(C)(C)C.CC(C)(C)C.CC1(C)c2ccccc2-c2ccccc21.CCC.CCn1c2ccccc2c2ccccc21.c1ccc(-n2c3ccccc3c3ccccc32)cc1.c1ccc2c(c1)c1ccccc1c1ccccc21.c1ccoc1.c1ccsc1. The predicted molar refractivity (Wildman–Crippen MR) is 624 cm³/mol. The Morgan fingerprint density at radius 3 is 0.585 bits per heavy atom. The van der Waals surface area contributed by atoms with Gasteiger partial charge in [0.25, 0.3) is 0 Å². The lowest BCUT2D eigenvalue weighted by Crippen LogP contribution is -2.14. The standard InChI is InChI=1S/C18H13N.C18H12.C15H14.C14H13N.11C5H12.C4H4O.C4H4S.C3H8/c1-2-8-14(9-3-1)19-17-12-6-4-10-15(17)16-11-5-7-13-18(16)19;1-2-8-14-13(7-1)15-9-3-4-11-17(15)18-12-6-5-10-16(14)18;1-15(2)13-9-5-3-7-11(13)12-8-4-6-10-14(12)15;1-2-15-13-9-5-3-7-11(13)12-8-4-6-10-14(12)15;11*1-5(2,3)4;2*1-2-4-5-3-1;1-3-2/h1-13H;1-12H;3-10H,1-2H3;3-10H,2H2,1H3;11*1-4H3;2*1-4H;3H2,1-2H3. The number of rotatable bonds is 2. The molecule has 16 rings (SSSR count). The number of thiophene rings is 1. The smallest absolute Gasteiger partial charge is 0.0902 e. The summed E-state index contributed by atoms with van der Waals surface area (Å²) in [5.74, 6) is 0. The van der Waals surface area contributed by atoms with Gasteiger partial charge in [0.2, 0.25) is 0 Å². The lowest BCUT2D eigenvalue weighted by molar-refractivity contribution is 0.469. The zero-order valence-electron chi connectivity index (χ0n) is 95.9. The quantitative estimate of drug-likeness (QED) is 0.158. The lowest BCUT2D eigenvalue weighted by atomic mass is 9.82. The van der Waals surface area contributed by atoms with Gasteiger partial charge < -0.3 is 13.6 Å². The molecule has 0 saturated heterocycles. The van der Waals surface area contributed by atoms with E-state index < -0.39 is 0 Å². The second-order valence-corrected chi connectivity index (χ2v) is 53.9. The Morgan fingerprint density at radius 1 is 0.215 bits per heavy atom. The van der Waals surface area contributed by atoms with Gasteiger partial charge in [-0.2, -0.15) is 11.3 Å². The van der Waals surface area contributed by atoms with Gasteiger partial charge in [0.1, 0.15) is 0 Å². The highest BCUT2D eigenvalue weighted by atomic mass is 32.1. The Hall–Kier alpha value is -9.22. The van der Waals surface area contributed by atoms with Crippen LogP contribution in [0.2, 0.25) is 0 Å². The Labute approximate surface area is 836 Å². The van der Waals surface area contributed by atoms with Gasteiger partial charge in [-0.25, -0.2) is 0 Å². The Balaban J connectivity index is 0. The summed E-state index contributed by atoms with van der Waals surface area (Å²) in [5, 5.41) is 17.4. The summed E-state index contributed by atoms with van der Waals surface area (Å²) >= 11 is 1.71. The molecule has 1 aliphatic carbocycles. The van der Waals surface area contributed by atoms with E-state index in [0.717, 1.165) is 6.54 Å². The van der Waals surface area contributed by atoms with E-state index in [0.29, 0.717) is 59.6 Å². The van der Waals surface area contributed by atoms with Crippen LogP contribution < -0.4 is 0 Å². The Bertz CT molecular complexity index is 4830. The highest BCUT2D eigenvalue weighted by Gasteiger charge is 2.34. The van der Waals surface area contributed by atoms with Crippen LogP contribution in [0.4, 0.5) is 0 Å². The molecule has 0 unspecified atom stereocenters. The average molecular weight is 1850 g/mol. The van der Waals surface area contributed by atoms with Crippen molar-refractivity contribution in [1.82, 2.24) is 9.13 Å². The second-order valence-electron chi connectivity index (χ2n) is 53.1. The maximum atomic E-state index is 4.58. The molecule has 4 heteroatoms. The minimum Gasteiger partial charge on any atom is -0.473 e. The van der Waals surface area contributed by atoms with Crippen LogP contribution in [0.5, 0.6) is 0 Å². The maximum Gasteiger partial charge on any atom is 0.0902 e. The Kier molecular flexibility index (Phi) is 56.6. The van der Waals surface area contributed by atoms with Crippen LogP contribution in [0.3, 0.4) is 0 Å². The second kappa shape index (κ2) is 59.8. The molecule has 0 saturated carbocycles. The summed E-state index contributed by atoms with van der Waals surface area (Å²) in [7, 11) is 0. The van der Waals surface area contributed by atoms with Gasteiger partial charge in [0, 0.05) is 50.2 Å². The van der Waals surface area contributed by atoms with Crippen LogP contribution in [-0.4, -0.2) is 9.13 Å². The molecule has 0 amide bonds. The highest BCUT2D eigenvalue weighted by molar-refractivity contribution is 7.07. The Morgan fingerprint density at radius 2 is 0.393 bits per heavy atom. The summed E-state index contributed by atoms with van der Waals surface area (Å²) in [6.45, 7) is 108. The van der Waals surface area contributed by atoms with Crippen molar-refractivity contribution in [3.05, 3.63) is 307 Å². The van der Waals surface area contributed by atoms with Gasteiger partial charge >= 0.3 is 0 Å². The van der Waals surface area contributed by atoms with Crippen molar-refractivity contribution < 1.29 is 4.42 Å². The van der Waals surface area contributed by atoms with Gasteiger partial charge in [-0.1, -0.05) is 563 Å². The fourth-order valence-electron chi connectivity index (χ4n) is 11.1. The molecule has 0 aliphatic heterocycles. The van der Waals surface area contributed by atoms with E-state index in [2.05, 4.69) is 602 Å². The minimum absolute atomic E-state index is 0.160. The van der Waals surface area contributed by atoms with Gasteiger partial charge in [-0.15, -0.1) is 0 Å². The van der Waals surface area contributed by atoms with E-state index >= 15 is 0 Å². The zero-order chi connectivity index (χ0) is 105. The van der Waals surface area contributed by atoms with Crippen LogP contribution >= 0.6 is 11.3 Å². The third-order valence-corrected chi connectivity index (χ3v) is 15.2. The molecule has 11 aromatic carbocycles. The summed E-state index contributed by atoms with van der Waals surface area (Å²) in [4.78, 5) is 0. The third-order valence-electron chi connectivity index (χ3n) is 14.6. The van der Waals surface area contributed by atoms with Crippen molar-refractivity contribution >= 4 is 87.3 Å². The lowest BCUT2D eigenvalue weighted by Gasteiger charge is -2.20. The molecule has 0 atom stereocenters. The normalized spacial score (nSPS) is 11.7. The number of benzene rings is 11. The first kappa shape index (κ1) is 128. The third kappa shape index (κ3) is 68.4. The van der Waals surface area contributed by atoms with E-state index in [-0.39, 0.29) is 5.41 Å². The van der Waals surface area contributed by atoms with Crippen LogP contribution in [0.1, 0.15) is 357 Å². The number of para-hydroxylation sites is 5. The van der Waals surface area contributed by atoms with Gasteiger partial charge in [0.05, 0.1) is 23.6 Å². The number of aryl methyl sites for hydroxylation is 1. The van der Waals surface area contributed by atoms with Crippen LogP contribution in [-0.2, 0) is 12.0 Å². The number of furan rings is 1. The number of fused-ring (bicyclic) bond motifs is 15. The topological polar surface area (TPSA) is 23.0 Å². The van der Waals surface area contributed by atoms with Gasteiger partial charge in [-0.05, 0) is 180 Å². The monoisotopic (exact) mass is 1850 g/mol. The molecule has 746 valence electrons. The van der Waals surface area contributed by atoms with Crippen LogP contribution in [0.25, 0.3) is 92.7 Å². The van der Waals surface area contributed by atoms with Crippen molar-refractivity contribution in [2.24, 2.45) is 59.6 Å². The van der Waals surface area contributed by atoms with E-state index in [1.165, 1.54) is 110 Å². The van der Waals surface area contributed by atoms with E-state index in [9.17, 15) is 0 Å². The molecule has 3 nitrogen and oxygen atoms in total. The van der Waals surface area contributed by atoms with Crippen LogP contribution in [0.15, 0.2) is 301 Å². The summed E-state index contributed by atoms with van der Waals surface area (Å²) < 4.78 is 9.27. The zero-order valence-corrected chi connectivity index (χ0v) is 96.7. The molecule has 15 aromatic rings. The first-order valence-corrected chi connectivity index (χ1v) is 50.8. The maximum absolute atomic E-state index is 4.58. The van der Waals surface area contributed by atoms with Crippen molar-refractivity contribution in [1.29, 1.82) is 0 Å². The number of hydrogen-bond acceptors (Lipinski definition) is 2. The summed E-state index contributed by atoms with van der Waals surface area (Å²) in [5.41, 5.74) is 17.8. The van der Waals surface area contributed by atoms with Crippen molar-refractivity contribution in [3.63, 3.8) is 0 Å². The van der Waals surface area contributed by atoms with E-state index in [4.69, 9.17) is 0 Å². The first-order chi connectivity index (χ1) is 61.4. The van der Waals surface area contributed by atoms with Crippen molar-refractivity contribution in [2.45, 2.75) is 358 Å². The number of aromatic nitrogens is 2. The predicted octanol–water partition coefficient (Wildman–Crippen LogP) is 44.8. The minimum atomic E-state index is 0.160. The number of hydrogen-bond donors (Lipinski definition) is 0.